The van der Waals surface area contributed by atoms with Crippen LogP contribution in [0.3, 0.4) is 0 Å². The lowest BCUT2D eigenvalue weighted by molar-refractivity contribution is -0.139. The zero-order valence-electron chi connectivity index (χ0n) is 17.6. The van der Waals surface area contributed by atoms with Crippen LogP contribution >= 0.6 is 0 Å². The van der Waals surface area contributed by atoms with Gasteiger partial charge in [-0.2, -0.15) is 5.26 Å². The van der Waals surface area contributed by atoms with Crippen LogP contribution in [0.15, 0.2) is 47.3 Å². The molecule has 0 aliphatic heterocycles. The van der Waals surface area contributed by atoms with Crippen LogP contribution in [0.5, 0.6) is 23.0 Å². The Kier molecular flexibility index (Phi) is 6.65. The summed E-state index contributed by atoms with van der Waals surface area (Å²) in [6.45, 7) is -0.496. The standard InChI is InChI=1S/C23H20N2O7/c1-29-19-8-14(9-20(30-2)22(19)31-3)16-10-18(25-23(28)17(16)11-24)13-5-4-6-15(7-13)32-12-21(26)27/h4-10H,12H2,1-3H3,(H,25,28)(H,26,27). The predicted molar refractivity (Wildman–Crippen MR) is 115 cm³/mol. The van der Waals surface area contributed by atoms with Crippen molar-refractivity contribution in [3.8, 4) is 51.5 Å². The molecule has 0 unspecified atom stereocenters. The Morgan fingerprint density at radius 3 is 2.28 bits per heavy atom. The van der Waals surface area contributed by atoms with E-state index in [0.29, 0.717) is 45.4 Å². The Hall–Kier alpha value is -4.45. The van der Waals surface area contributed by atoms with E-state index in [0.717, 1.165) is 0 Å². The number of carbonyl (C=O) groups is 1. The van der Waals surface area contributed by atoms with Crippen molar-refractivity contribution < 1.29 is 28.8 Å². The SMILES string of the molecule is COc1cc(-c2cc(-c3cccc(OCC(=O)O)c3)[nH]c(=O)c2C#N)cc(OC)c1OC. The summed E-state index contributed by atoms with van der Waals surface area (Å²) in [4.78, 5) is 26.1. The van der Waals surface area contributed by atoms with E-state index >= 15 is 0 Å². The van der Waals surface area contributed by atoms with Crippen molar-refractivity contribution >= 4 is 5.97 Å². The van der Waals surface area contributed by atoms with E-state index in [1.54, 1.807) is 42.5 Å². The number of carboxylic acids is 1. The van der Waals surface area contributed by atoms with E-state index < -0.39 is 18.1 Å². The van der Waals surface area contributed by atoms with Gasteiger partial charge >= 0.3 is 5.97 Å². The van der Waals surface area contributed by atoms with Crippen molar-refractivity contribution in [3.63, 3.8) is 0 Å². The van der Waals surface area contributed by atoms with Gasteiger partial charge in [0.1, 0.15) is 17.4 Å². The first kappa shape index (κ1) is 22.2. The predicted octanol–water partition coefficient (Wildman–Crippen LogP) is 3.07. The fraction of sp³-hybridized carbons (Fsp3) is 0.174. The second-order valence-electron chi connectivity index (χ2n) is 6.54. The molecule has 2 N–H and O–H groups in total. The topological polar surface area (TPSA) is 131 Å². The third-order valence-electron chi connectivity index (χ3n) is 4.63. The number of benzene rings is 2. The summed E-state index contributed by atoms with van der Waals surface area (Å²) >= 11 is 0. The number of aromatic amines is 1. The van der Waals surface area contributed by atoms with Gasteiger partial charge < -0.3 is 29.0 Å². The molecule has 0 radical (unpaired) electrons. The molecule has 9 nitrogen and oxygen atoms in total. The fourth-order valence-corrected chi connectivity index (χ4v) is 3.19. The van der Waals surface area contributed by atoms with Gasteiger partial charge in [-0.3, -0.25) is 4.79 Å². The van der Waals surface area contributed by atoms with Crippen LogP contribution in [0.2, 0.25) is 0 Å². The molecule has 32 heavy (non-hydrogen) atoms. The van der Waals surface area contributed by atoms with Gasteiger partial charge in [0.05, 0.1) is 21.3 Å². The normalized spacial score (nSPS) is 10.2. The first-order chi connectivity index (χ1) is 15.4. The Morgan fingerprint density at radius 1 is 1.03 bits per heavy atom. The summed E-state index contributed by atoms with van der Waals surface area (Å²) in [6.07, 6.45) is 0. The molecule has 3 aromatic rings. The van der Waals surface area contributed by atoms with Gasteiger partial charge in [-0.15, -0.1) is 0 Å². The molecule has 2 aromatic carbocycles. The second-order valence-corrected chi connectivity index (χ2v) is 6.54. The Bertz CT molecular complexity index is 1230. The summed E-state index contributed by atoms with van der Waals surface area (Å²) in [5, 5.41) is 18.4. The average molecular weight is 436 g/mol. The van der Waals surface area contributed by atoms with Crippen LogP contribution in [0.4, 0.5) is 0 Å². The third kappa shape index (κ3) is 4.49. The minimum Gasteiger partial charge on any atom is -0.493 e. The second kappa shape index (κ2) is 9.57. The maximum absolute atomic E-state index is 12.7. The maximum atomic E-state index is 12.7. The van der Waals surface area contributed by atoms with E-state index in [4.69, 9.17) is 24.1 Å². The largest absolute Gasteiger partial charge is 0.493 e. The molecular weight excluding hydrogens is 416 g/mol. The maximum Gasteiger partial charge on any atom is 0.341 e. The van der Waals surface area contributed by atoms with Crippen molar-refractivity contribution in [2.45, 2.75) is 0 Å². The number of aliphatic carboxylic acids is 1. The highest BCUT2D eigenvalue weighted by Crippen LogP contribution is 2.42. The molecule has 0 fully saturated rings. The lowest BCUT2D eigenvalue weighted by Crippen LogP contribution is -2.13. The molecule has 0 amide bonds. The minimum absolute atomic E-state index is 0.0821. The van der Waals surface area contributed by atoms with Crippen molar-refractivity contribution in [2.24, 2.45) is 0 Å². The lowest BCUT2D eigenvalue weighted by Gasteiger charge is -2.15. The third-order valence-corrected chi connectivity index (χ3v) is 4.63. The highest BCUT2D eigenvalue weighted by Gasteiger charge is 2.18. The van der Waals surface area contributed by atoms with Crippen LogP contribution in [-0.2, 0) is 4.79 Å². The molecule has 0 aliphatic carbocycles. The Morgan fingerprint density at radius 2 is 1.72 bits per heavy atom. The fourth-order valence-electron chi connectivity index (χ4n) is 3.19. The molecule has 0 saturated carbocycles. The van der Waals surface area contributed by atoms with Crippen molar-refractivity contribution in [2.75, 3.05) is 27.9 Å². The summed E-state index contributed by atoms with van der Waals surface area (Å²) in [7, 11) is 4.42. The van der Waals surface area contributed by atoms with E-state index in [1.807, 2.05) is 6.07 Å². The Balaban J connectivity index is 2.18. The summed E-state index contributed by atoms with van der Waals surface area (Å²) in [5.74, 6) is 0.343. The average Bonchev–Trinajstić information content (AvgIpc) is 2.81. The molecule has 0 bridgehead atoms. The number of H-pyrrole nitrogens is 1. The number of nitrogens with zero attached hydrogens (tertiary/aromatic N) is 1. The van der Waals surface area contributed by atoms with Gasteiger partial charge in [-0.1, -0.05) is 12.1 Å². The minimum atomic E-state index is -1.10. The molecule has 0 spiro atoms. The number of nitrogens with one attached hydrogen (secondary N) is 1. The molecule has 0 aliphatic rings. The number of pyridine rings is 1. The summed E-state index contributed by atoms with van der Waals surface area (Å²) in [5.41, 5.74) is 1.21. The highest BCUT2D eigenvalue weighted by atomic mass is 16.5. The van der Waals surface area contributed by atoms with Crippen molar-refractivity contribution in [1.82, 2.24) is 4.98 Å². The molecule has 1 aromatic heterocycles. The van der Waals surface area contributed by atoms with E-state index in [-0.39, 0.29) is 5.56 Å². The number of hydrogen-bond donors (Lipinski definition) is 2. The molecule has 9 heteroatoms. The van der Waals surface area contributed by atoms with Gasteiger partial charge in [0, 0.05) is 16.8 Å². The number of hydrogen-bond acceptors (Lipinski definition) is 7. The highest BCUT2D eigenvalue weighted by molar-refractivity contribution is 5.78. The van der Waals surface area contributed by atoms with E-state index in [2.05, 4.69) is 4.98 Å². The summed E-state index contributed by atoms with van der Waals surface area (Å²) in [6, 6.07) is 13.5. The number of methoxy groups -OCH3 is 3. The quantitative estimate of drug-likeness (QED) is 0.551. The lowest BCUT2D eigenvalue weighted by atomic mass is 9.98. The molecule has 0 atom stereocenters. The first-order valence-electron chi connectivity index (χ1n) is 9.34. The van der Waals surface area contributed by atoms with Gasteiger partial charge in [-0.25, -0.2) is 4.79 Å². The van der Waals surface area contributed by atoms with Gasteiger partial charge in [0.2, 0.25) is 5.75 Å². The van der Waals surface area contributed by atoms with Crippen LogP contribution < -0.4 is 24.5 Å². The van der Waals surface area contributed by atoms with Crippen LogP contribution in [0.25, 0.3) is 22.4 Å². The summed E-state index contributed by atoms with van der Waals surface area (Å²) < 4.78 is 21.3. The van der Waals surface area contributed by atoms with Crippen molar-refractivity contribution in [1.29, 1.82) is 5.26 Å². The van der Waals surface area contributed by atoms with Crippen LogP contribution in [-0.4, -0.2) is 44.0 Å². The number of ether oxygens (including phenoxy) is 4. The van der Waals surface area contributed by atoms with Crippen LogP contribution in [0, 0.1) is 11.3 Å². The zero-order chi connectivity index (χ0) is 23.3. The van der Waals surface area contributed by atoms with E-state index in [1.165, 1.54) is 21.3 Å². The molecular formula is C23H20N2O7. The number of rotatable bonds is 8. The molecule has 164 valence electrons. The van der Waals surface area contributed by atoms with Gasteiger partial charge in [0.15, 0.2) is 18.1 Å². The number of carboxylic acid groups (broad SMARTS) is 1. The monoisotopic (exact) mass is 436 g/mol. The molecule has 0 saturated heterocycles. The number of aromatic nitrogens is 1. The Labute approximate surface area is 183 Å². The van der Waals surface area contributed by atoms with Crippen molar-refractivity contribution in [3.05, 3.63) is 58.4 Å². The van der Waals surface area contributed by atoms with Gasteiger partial charge in [0.25, 0.3) is 5.56 Å². The van der Waals surface area contributed by atoms with Crippen LogP contribution in [0.1, 0.15) is 5.56 Å². The van der Waals surface area contributed by atoms with Gasteiger partial charge in [-0.05, 0) is 35.9 Å². The zero-order valence-corrected chi connectivity index (χ0v) is 17.6. The number of nitriles is 1. The smallest absolute Gasteiger partial charge is 0.341 e. The first-order valence-corrected chi connectivity index (χ1v) is 9.34. The van der Waals surface area contributed by atoms with E-state index in [9.17, 15) is 14.9 Å². The molecule has 3 rings (SSSR count). The molecule has 1 heterocycles.